The van der Waals surface area contributed by atoms with Crippen LogP contribution in [0.2, 0.25) is 0 Å². The van der Waals surface area contributed by atoms with Crippen LogP contribution in [0.25, 0.3) is 0 Å². The number of fused-ring (bicyclic) bond motifs is 1. The van der Waals surface area contributed by atoms with Gasteiger partial charge in [-0.2, -0.15) is 0 Å². The van der Waals surface area contributed by atoms with Crippen molar-refractivity contribution in [1.29, 1.82) is 0 Å². The number of rotatable bonds is 3. The lowest BCUT2D eigenvalue weighted by molar-refractivity contribution is 0.272. The van der Waals surface area contributed by atoms with Gasteiger partial charge in [0.05, 0.1) is 0 Å². The van der Waals surface area contributed by atoms with E-state index in [1.807, 2.05) is 0 Å². The van der Waals surface area contributed by atoms with Crippen LogP contribution in [0.4, 0.5) is 0 Å². The zero-order chi connectivity index (χ0) is 14.4. The van der Waals surface area contributed by atoms with Gasteiger partial charge in [-0.25, -0.2) is 0 Å². The van der Waals surface area contributed by atoms with E-state index in [9.17, 15) is 5.11 Å². The summed E-state index contributed by atoms with van der Waals surface area (Å²) < 4.78 is 0. The van der Waals surface area contributed by atoms with Crippen molar-refractivity contribution in [1.82, 2.24) is 0 Å². The number of aliphatic hydroxyl groups excluding tert-OH is 1. The lowest BCUT2D eigenvalue weighted by atomic mass is 9.74. The summed E-state index contributed by atoms with van der Waals surface area (Å²) in [6, 6.07) is 6.87. The molecular weight excluding hydrogens is 232 g/mol. The van der Waals surface area contributed by atoms with E-state index >= 15 is 0 Å². The molecule has 0 fully saturated rings. The van der Waals surface area contributed by atoms with Crippen molar-refractivity contribution in [2.45, 2.75) is 58.8 Å². The van der Waals surface area contributed by atoms with Crippen LogP contribution in [0.1, 0.15) is 70.1 Å². The Balaban J connectivity index is 2.53. The molecule has 3 unspecified atom stereocenters. The Morgan fingerprint density at radius 2 is 1.84 bits per heavy atom. The van der Waals surface area contributed by atoms with Gasteiger partial charge in [-0.3, -0.25) is 0 Å². The van der Waals surface area contributed by atoms with Crippen molar-refractivity contribution in [2.24, 2.45) is 11.8 Å². The molecule has 2 rings (SSSR count). The molecule has 0 radical (unpaired) electrons. The molecule has 0 saturated heterocycles. The first-order valence-electron chi connectivity index (χ1n) is 7.55. The predicted octanol–water partition coefficient (Wildman–Crippen LogP) is 4.45. The van der Waals surface area contributed by atoms with E-state index in [1.165, 1.54) is 16.7 Å². The quantitative estimate of drug-likeness (QED) is 0.851. The van der Waals surface area contributed by atoms with Crippen LogP contribution in [0.5, 0.6) is 0 Å². The minimum absolute atomic E-state index is 0.225. The fraction of sp³-hybridized carbons (Fsp3) is 0.667. The van der Waals surface area contributed by atoms with Crippen LogP contribution < -0.4 is 0 Å². The number of benzene rings is 1. The molecule has 0 aliphatic heterocycles. The first-order valence-corrected chi connectivity index (χ1v) is 7.55. The molecule has 1 heteroatoms. The molecule has 1 nitrogen and oxygen atoms in total. The van der Waals surface area contributed by atoms with Gasteiger partial charge in [0, 0.05) is 12.5 Å². The second-order valence-corrected chi connectivity index (χ2v) is 7.21. The van der Waals surface area contributed by atoms with E-state index in [-0.39, 0.29) is 17.9 Å². The molecule has 19 heavy (non-hydrogen) atoms. The third kappa shape index (κ3) is 2.23. The Bertz CT molecular complexity index is 459. The lowest BCUT2D eigenvalue weighted by Gasteiger charge is -2.30. The van der Waals surface area contributed by atoms with E-state index in [4.69, 9.17) is 0 Å². The van der Waals surface area contributed by atoms with E-state index in [1.54, 1.807) is 0 Å². The maximum atomic E-state index is 9.36. The summed E-state index contributed by atoms with van der Waals surface area (Å²) in [6.45, 7) is 14.1. The molecule has 3 atom stereocenters. The first kappa shape index (κ1) is 14.6. The van der Waals surface area contributed by atoms with Gasteiger partial charge in [-0.1, -0.05) is 59.7 Å². The van der Waals surface area contributed by atoms with Gasteiger partial charge in [-0.15, -0.1) is 0 Å². The highest BCUT2D eigenvalue weighted by Crippen LogP contribution is 2.53. The van der Waals surface area contributed by atoms with E-state index in [0.717, 1.165) is 0 Å². The highest BCUT2D eigenvalue weighted by atomic mass is 16.3. The van der Waals surface area contributed by atoms with Gasteiger partial charge in [0.2, 0.25) is 0 Å². The van der Waals surface area contributed by atoms with Gasteiger partial charge >= 0.3 is 0 Å². The number of hydrogen-bond donors (Lipinski definition) is 1. The zero-order valence-electron chi connectivity index (χ0n) is 13.2. The van der Waals surface area contributed by atoms with Crippen LogP contribution in [0.3, 0.4) is 0 Å². The topological polar surface area (TPSA) is 20.2 Å². The maximum Gasteiger partial charge on any atom is 0.0497 e. The zero-order valence-corrected chi connectivity index (χ0v) is 13.2. The second-order valence-electron chi connectivity index (χ2n) is 7.21. The van der Waals surface area contributed by atoms with Crippen molar-refractivity contribution < 1.29 is 5.11 Å². The molecule has 1 aliphatic carbocycles. The molecule has 0 aromatic heterocycles. The lowest BCUT2D eigenvalue weighted by Crippen LogP contribution is -2.25. The van der Waals surface area contributed by atoms with Crippen molar-refractivity contribution in [2.75, 3.05) is 6.61 Å². The van der Waals surface area contributed by atoms with Crippen LogP contribution in [-0.4, -0.2) is 11.7 Å². The Labute approximate surface area is 118 Å². The summed E-state index contributed by atoms with van der Waals surface area (Å²) >= 11 is 0. The summed E-state index contributed by atoms with van der Waals surface area (Å²) in [4.78, 5) is 0. The second kappa shape index (κ2) is 4.94. The summed E-state index contributed by atoms with van der Waals surface area (Å²) in [5.41, 5.74) is 4.53. The minimum atomic E-state index is 0.225. The third-order valence-electron chi connectivity index (χ3n) is 5.37. The molecule has 1 aliphatic rings. The van der Waals surface area contributed by atoms with Crippen LogP contribution in [-0.2, 0) is 5.41 Å². The van der Waals surface area contributed by atoms with Gasteiger partial charge in [0.15, 0.2) is 0 Å². The van der Waals surface area contributed by atoms with Crippen molar-refractivity contribution in [3.05, 3.63) is 34.9 Å². The Kier molecular flexibility index (Phi) is 3.79. The van der Waals surface area contributed by atoms with E-state index in [2.05, 4.69) is 59.7 Å². The van der Waals surface area contributed by atoms with Gasteiger partial charge in [-0.05, 0) is 39.9 Å². The maximum absolute atomic E-state index is 9.36. The smallest absolute Gasteiger partial charge is 0.0497 e. The first-order chi connectivity index (χ1) is 8.80. The Morgan fingerprint density at radius 3 is 2.37 bits per heavy atom. The van der Waals surface area contributed by atoms with Crippen LogP contribution in [0, 0.1) is 11.8 Å². The molecule has 106 valence electrons. The standard InChI is InChI=1S/C18H28O/c1-11(2)17-13(4)18(5,6)16-9-14(12(3)10-19)7-8-15(16)17/h7-9,11-13,17,19H,10H2,1-6H3. The number of aliphatic hydroxyl groups is 1. The normalized spacial score (nSPS) is 26.5. The molecule has 0 bridgehead atoms. The summed E-state index contributed by atoms with van der Waals surface area (Å²) in [5, 5.41) is 9.36. The van der Waals surface area contributed by atoms with Gasteiger partial charge in [0.1, 0.15) is 0 Å². The summed E-state index contributed by atoms with van der Waals surface area (Å²) in [7, 11) is 0. The third-order valence-corrected chi connectivity index (χ3v) is 5.37. The van der Waals surface area contributed by atoms with E-state index < -0.39 is 0 Å². The number of hydrogen-bond acceptors (Lipinski definition) is 1. The molecule has 0 saturated carbocycles. The summed E-state index contributed by atoms with van der Waals surface area (Å²) in [5.74, 6) is 2.23. The van der Waals surface area contributed by atoms with Crippen molar-refractivity contribution >= 4 is 0 Å². The molecule has 1 aromatic carbocycles. The van der Waals surface area contributed by atoms with Crippen LogP contribution in [0.15, 0.2) is 18.2 Å². The monoisotopic (exact) mass is 260 g/mol. The van der Waals surface area contributed by atoms with Gasteiger partial charge in [0.25, 0.3) is 0 Å². The summed E-state index contributed by atoms with van der Waals surface area (Å²) in [6.07, 6.45) is 0. The largest absolute Gasteiger partial charge is 0.396 e. The average molecular weight is 260 g/mol. The molecule has 1 aromatic rings. The molecule has 0 heterocycles. The van der Waals surface area contributed by atoms with Crippen molar-refractivity contribution in [3.63, 3.8) is 0 Å². The molecule has 0 spiro atoms. The Hall–Kier alpha value is -0.820. The molecular formula is C18H28O. The Morgan fingerprint density at radius 1 is 1.21 bits per heavy atom. The highest BCUT2D eigenvalue weighted by molar-refractivity contribution is 5.46. The highest BCUT2D eigenvalue weighted by Gasteiger charge is 2.44. The molecule has 1 N–H and O–H groups in total. The molecule has 0 amide bonds. The SMILES string of the molecule is CC(CO)c1ccc2c(c1)C(C)(C)C(C)C2C(C)C. The van der Waals surface area contributed by atoms with E-state index in [0.29, 0.717) is 17.8 Å². The fourth-order valence-corrected chi connectivity index (χ4v) is 3.73. The van der Waals surface area contributed by atoms with Gasteiger partial charge < -0.3 is 5.11 Å². The minimum Gasteiger partial charge on any atom is -0.396 e. The van der Waals surface area contributed by atoms with Crippen molar-refractivity contribution in [3.8, 4) is 0 Å². The predicted molar refractivity (Wildman–Crippen MR) is 81.7 cm³/mol. The average Bonchev–Trinajstić information content (AvgIpc) is 2.56. The van der Waals surface area contributed by atoms with Crippen LogP contribution >= 0.6 is 0 Å². The fourth-order valence-electron chi connectivity index (χ4n) is 3.73.